The van der Waals surface area contributed by atoms with Crippen molar-refractivity contribution in [1.82, 2.24) is 29.5 Å². The van der Waals surface area contributed by atoms with Crippen LogP contribution in [0.4, 0.5) is 5.69 Å². The summed E-state index contributed by atoms with van der Waals surface area (Å²) in [5.74, 6) is 0.700. The number of imidazole rings is 1. The molecule has 0 atom stereocenters. The number of nitrogens with one attached hydrogen (secondary N) is 1. The number of hydrogen-bond acceptors (Lipinski definition) is 5. The summed E-state index contributed by atoms with van der Waals surface area (Å²) in [5.41, 5.74) is 9.46. The number of anilines is 1. The summed E-state index contributed by atoms with van der Waals surface area (Å²) in [4.78, 5) is 11.4. The fourth-order valence-electron chi connectivity index (χ4n) is 2.11. The Balaban J connectivity index is 2.05. The van der Waals surface area contributed by atoms with Gasteiger partial charge < -0.3 is 10.7 Å². The first kappa shape index (κ1) is 10.0. The standard InChI is InChI=1S/C12H9N7/c13-8-3-1-2-7(4-8)11-17-18-12-9-10(15-5-14-9)16-6-19(11)12/h1-6H,13H2,(H,14,15). The average molecular weight is 251 g/mol. The largest absolute Gasteiger partial charge is 0.399 e. The highest BCUT2D eigenvalue weighted by atomic mass is 15.3. The van der Waals surface area contributed by atoms with E-state index in [1.165, 1.54) is 0 Å². The smallest absolute Gasteiger partial charge is 0.190 e. The number of benzene rings is 1. The molecule has 4 aromatic rings. The third-order valence-corrected chi connectivity index (χ3v) is 2.98. The van der Waals surface area contributed by atoms with Crippen LogP contribution < -0.4 is 5.73 Å². The Bertz CT molecular complexity index is 889. The molecule has 0 aliphatic heterocycles. The second kappa shape index (κ2) is 3.52. The van der Waals surface area contributed by atoms with Gasteiger partial charge in [0.15, 0.2) is 17.1 Å². The van der Waals surface area contributed by atoms with Crippen LogP contribution in [0, 0.1) is 0 Å². The first-order valence-electron chi connectivity index (χ1n) is 5.71. The fourth-order valence-corrected chi connectivity index (χ4v) is 2.11. The maximum absolute atomic E-state index is 5.79. The zero-order valence-corrected chi connectivity index (χ0v) is 9.78. The van der Waals surface area contributed by atoms with Gasteiger partial charge in [0.25, 0.3) is 0 Å². The summed E-state index contributed by atoms with van der Waals surface area (Å²) in [5, 5.41) is 8.39. The highest BCUT2D eigenvalue weighted by molar-refractivity contribution is 5.85. The molecule has 1 aromatic carbocycles. The molecule has 0 aliphatic carbocycles. The monoisotopic (exact) mass is 251 g/mol. The van der Waals surface area contributed by atoms with Gasteiger partial charge in [-0.3, -0.25) is 4.40 Å². The molecule has 0 bridgehead atoms. The lowest BCUT2D eigenvalue weighted by Crippen LogP contribution is -1.93. The average Bonchev–Trinajstić information content (AvgIpc) is 3.04. The van der Waals surface area contributed by atoms with Crippen LogP contribution in [0.3, 0.4) is 0 Å². The molecule has 4 rings (SSSR count). The van der Waals surface area contributed by atoms with Crippen molar-refractivity contribution in [3.05, 3.63) is 36.9 Å². The van der Waals surface area contributed by atoms with Gasteiger partial charge in [-0.15, -0.1) is 10.2 Å². The van der Waals surface area contributed by atoms with Crippen LogP contribution in [0.2, 0.25) is 0 Å². The van der Waals surface area contributed by atoms with E-state index in [4.69, 9.17) is 5.73 Å². The summed E-state index contributed by atoms with van der Waals surface area (Å²) >= 11 is 0. The summed E-state index contributed by atoms with van der Waals surface area (Å²) in [6.45, 7) is 0. The SMILES string of the molecule is Nc1cccc(-c2nnc3c4[nH]cnc4ncn23)c1. The van der Waals surface area contributed by atoms with E-state index in [0.29, 0.717) is 22.8 Å². The molecule has 0 saturated heterocycles. The first-order chi connectivity index (χ1) is 9.33. The van der Waals surface area contributed by atoms with Crippen LogP contribution in [0.25, 0.3) is 28.2 Å². The minimum absolute atomic E-state index is 0.624. The van der Waals surface area contributed by atoms with Crippen molar-refractivity contribution < 1.29 is 0 Å². The van der Waals surface area contributed by atoms with Gasteiger partial charge in [-0.1, -0.05) is 12.1 Å². The zero-order chi connectivity index (χ0) is 12.8. The number of nitrogens with two attached hydrogens (primary N) is 1. The summed E-state index contributed by atoms with van der Waals surface area (Å²) in [7, 11) is 0. The number of H-pyrrole nitrogens is 1. The summed E-state index contributed by atoms with van der Waals surface area (Å²) in [6, 6.07) is 7.50. The van der Waals surface area contributed by atoms with Crippen molar-refractivity contribution in [2.45, 2.75) is 0 Å². The van der Waals surface area contributed by atoms with Gasteiger partial charge >= 0.3 is 0 Å². The molecular formula is C12H9N7. The molecule has 0 amide bonds. The Labute approximate surface area is 107 Å². The van der Waals surface area contributed by atoms with Crippen LogP contribution in [0.5, 0.6) is 0 Å². The van der Waals surface area contributed by atoms with E-state index in [9.17, 15) is 0 Å². The molecule has 0 fully saturated rings. The van der Waals surface area contributed by atoms with Gasteiger partial charge in [-0.25, -0.2) is 9.97 Å². The van der Waals surface area contributed by atoms with Crippen molar-refractivity contribution in [3.63, 3.8) is 0 Å². The van der Waals surface area contributed by atoms with E-state index in [2.05, 4.69) is 25.1 Å². The summed E-state index contributed by atoms with van der Waals surface area (Å²) < 4.78 is 1.81. The molecule has 19 heavy (non-hydrogen) atoms. The minimum Gasteiger partial charge on any atom is -0.399 e. The lowest BCUT2D eigenvalue weighted by atomic mass is 10.2. The van der Waals surface area contributed by atoms with Crippen LogP contribution in [0.1, 0.15) is 0 Å². The second-order valence-corrected chi connectivity index (χ2v) is 4.19. The van der Waals surface area contributed by atoms with E-state index in [1.54, 1.807) is 12.7 Å². The molecule has 0 saturated carbocycles. The molecular weight excluding hydrogens is 242 g/mol. The molecule has 92 valence electrons. The normalized spacial score (nSPS) is 11.4. The van der Waals surface area contributed by atoms with Crippen molar-refractivity contribution >= 4 is 22.5 Å². The molecule has 0 spiro atoms. The molecule has 7 heteroatoms. The Morgan fingerprint density at radius 1 is 1.16 bits per heavy atom. The first-order valence-corrected chi connectivity index (χ1v) is 5.71. The van der Waals surface area contributed by atoms with Crippen molar-refractivity contribution in [3.8, 4) is 11.4 Å². The molecule has 3 heterocycles. The van der Waals surface area contributed by atoms with Crippen molar-refractivity contribution in [2.75, 3.05) is 5.73 Å². The predicted molar refractivity (Wildman–Crippen MR) is 70.3 cm³/mol. The van der Waals surface area contributed by atoms with Gasteiger partial charge in [0.1, 0.15) is 11.8 Å². The zero-order valence-electron chi connectivity index (χ0n) is 9.78. The number of hydrogen-bond donors (Lipinski definition) is 2. The van der Waals surface area contributed by atoms with E-state index in [-0.39, 0.29) is 0 Å². The van der Waals surface area contributed by atoms with Gasteiger partial charge in [0, 0.05) is 11.3 Å². The number of aromatic nitrogens is 6. The number of nitrogen functional groups attached to an aromatic ring is 1. The minimum atomic E-state index is 0.624. The highest BCUT2D eigenvalue weighted by Crippen LogP contribution is 2.22. The van der Waals surface area contributed by atoms with Crippen LogP contribution in [0.15, 0.2) is 36.9 Å². The number of nitrogens with zero attached hydrogens (tertiary/aromatic N) is 5. The Kier molecular flexibility index (Phi) is 1.85. The maximum Gasteiger partial charge on any atom is 0.190 e. The predicted octanol–water partition coefficient (Wildman–Crippen LogP) is 1.25. The van der Waals surface area contributed by atoms with Gasteiger partial charge in [-0.05, 0) is 12.1 Å². The maximum atomic E-state index is 5.79. The Morgan fingerprint density at radius 3 is 3.00 bits per heavy atom. The van der Waals surface area contributed by atoms with Gasteiger partial charge in [-0.2, -0.15) is 0 Å². The molecule has 0 aliphatic rings. The number of rotatable bonds is 1. The molecule has 0 unspecified atom stereocenters. The van der Waals surface area contributed by atoms with E-state index in [1.807, 2.05) is 28.7 Å². The highest BCUT2D eigenvalue weighted by Gasteiger charge is 2.12. The van der Waals surface area contributed by atoms with Gasteiger partial charge in [0.2, 0.25) is 0 Å². The third kappa shape index (κ3) is 1.38. The van der Waals surface area contributed by atoms with Crippen molar-refractivity contribution in [1.29, 1.82) is 0 Å². The van der Waals surface area contributed by atoms with Crippen LogP contribution >= 0.6 is 0 Å². The van der Waals surface area contributed by atoms with Crippen molar-refractivity contribution in [2.24, 2.45) is 0 Å². The molecule has 7 nitrogen and oxygen atoms in total. The second-order valence-electron chi connectivity index (χ2n) is 4.19. The summed E-state index contributed by atoms with van der Waals surface area (Å²) in [6.07, 6.45) is 3.25. The Hall–Kier alpha value is -2.96. The lowest BCUT2D eigenvalue weighted by Gasteiger charge is -2.00. The van der Waals surface area contributed by atoms with Crippen LogP contribution in [-0.2, 0) is 0 Å². The van der Waals surface area contributed by atoms with E-state index in [0.717, 1.165) is 11.1 Å². The molecule has 3 N–H and O–H groups in total. The molecule has 3 aromatic heterocycles. The van der Waals surface area contributed by atoms with Crippen LogP contribution in [-0.4, -0.2) is 29.5 Å². The number of aromatic amines is 1. The quantitative estimate of drug-likeness (QED) is 0.496. The van der Waals surface area contributed by atoms with Gasteiger partial charge in [0.05, 0.1) is 6.33 Å². The van der Waals surface area contributed by atoms with E-state index >= 15 is 0 Å². The number of fused-ring (bicyclic) bond motifs is 3. The Morgan fingerprint density at radius 2 is 2.11 bits per heavy atom. The molecule has 0 radical (unpaired) electrons. The fraction of sp³-hybridized carbons (Fsp3) is 0. The third-order valence-electron chi connectivity index (χ3n) is 2.98. The lowest BCUT2D eigenvalue weighted by molar-refractivity contribution is 1.09. The van der Waals surface area contributed by atoms with E-state index < -0.39 is 0 Å². The topological polar surface area (TPSA) is 97.8 Å².